The summed E-state index contributed by atoms with van der Waals surface area (Å²) in [6.45, 7) is 8.98. The van der Waals surface area contributed by atoms with Gasteiger partial charge in [-0.2, -0.15) is 0 Å². The van der Waals surface area contributed by atoms with Crippen molar-refractivity contribution in [3.63, 3.8) is 0 Å². The van der Waals surface area contributed by atoms with Crippen LogP contribution >= 0.6 is 7.92 Å². The molecule has 0 radical (unpaired) electrons. The average Bonchev–Trinajstić information content (AvgIpc) is 2.28. The molecule has 0 bridgehead atoms. The molecule has 0 heterocycles. The maximum Gasteiger partial charge on any atom is 0.303 e. The van der Waals surface area contributed by atoms with E-state index in [0.717, 1.165) is 19.3 Å². The smallest absolute Gasteiger partial charge is 0.303 e. The second-order valence-electron chi connectivity index (χ2n) is 3.82. The van der Waals surface area contributed by atoms with Gasteiger partial charge in [-0.1, -0.05) is 47.0 Å². The van der Waals surface area contributed by atoms with Crippen LogP contribution in [0.4, 0.5) is 0 Å². The Morgan fingerprint density at radius 1 is 0.938 bits per heavy atom. The maximum atomic E-state index is 9.96. The second kappa shape index (κ2) is 14.9. The largest absolute Gasteiger partial charge is 0.481 e. The van der Waals surface area contributed by atoms with E-state index in [-0.39, 0.29) is 0 Å². The van der Waals surface area contributed by atoms with E-state index < -0.39 is 5.97 Å². The Hall–Kier alpha value is -0.100. The van der Waals surface area contributed by atoms with Crippen molar-refractivity contribution in [1.29, 1.82) is 0 Å². The molecule has 0 amide bonds. The summed E-state index contributed by atoms with van der Waals surface area (Å²) < 4.78 is 0. The van der Waals surface area contributed by atoms with Gasteiger partial charge >= 0.3 is 5.97 Å². The maximum absolute atomic E-state index is 9.96. The molecule has 0 atom stereocenters. The molecule has 0 fully saturated rings. The summed E-state index contributed by atoms with van der Waals surface area (Å²) in [5, 5.41) is 8.21. The molecular weight excluding hydrogens is 219 g/mol. The molecule has 0 aromatic rings. The number of hydrogen-bond acceptors (Lipinski definition) is 1. The number of carboxylic acids is 1. The minimum atomic E-state index is -0.675. The van der Waals surface area contributed by atoms with Crippen molar-refractivity contribution >= 4 is 13.9 Å². The lowest BCUT2D eigenvalue weighted by atomic mass is 10.2. The Labute approximate surface area is 103 Å². The number of carboxylic acid groups (broad SMARTS) is 1. The molecule has 16 heavy (non-hydrogen) atoms. The van der Waals surface area contributed by atoms with E-state index >= 15 is 0 Å². The average molecular weight is 248 g/mol. The number of aliphatic carboxylic acids is 1. The molecule has 1 N–H and O–H groups in total. The summed E-state index contributed by atoms with van der Waals surface area (Å²) in [7, 11) is 0.446. The number of rotatable bonds is 8. The Bertz CT molecular complexity index is 139. The number of unbranched alkanes of at least 4 members (excludes halogenated alkanes) is 3. The van der Waals surface area contributed by atoms with E-state index in [4.69, 9.17) is 5.11 Å². The fourth-order valence-corrected chi connectivity index (χ4v) is 2.72. The molecule has 2 nitrogen and oxygen atoms in total. The van der Waals surface area contributed by atoms with E-state index in [1.807, 2.05) is 0 Å². The summed E-state index contributed by atoms with van der Waals surface area (Å²) in [5.41, 5.74) is 0. The fourth-order valence-electron chi connectivity index (χ4n) is 1.37. The van der Waals surface area contributed by atoms with Crippen LogP contribution in [-0.2, 0) is 4.79 Å². The van der Waals surface area contributed by atoms with Gasteiger partial charge in [0.2, 0.25) is 0 Å². The highest BCUT2D eigenvalue weighted by molar-refractivity contribution is 7.57. The molecule has 0 rings (SSSR count). The quantitative estimate of drug-likeness (QED) is 0.504. The lowest BCUT2D eigenvalue weighted by Gasteiger charge is -2.07. The summed E-state index contributed by atoms with van der Waals surface area (Å²) >= 11 is 0. The Balaban J connectivity index is 0. The zero-order valence-corrected chi connectivity index (χ0v) is 12.4. The Morgan fingerprint density at radius 2 is 1.44 bits per heavy atom. The van der Waals surface area contributed by atoms with Crippen LogP contribution in [0.2, 0.25) is 0 Å². The summed E-state index contributed by atoms with van der Waals surface area (Å²) in [5.74, 6) is -0.675. The van der Waals surface area contributed by atoms with Crippen LogP contribution in [-0.4, -0.2) is 29.6 Å². The van der Waals surface area contributed by atoms with Gasteiger partial charge in [-0.15, -0.1) is 7.92 Å². The molecular formula is C13H29O2P. The minimum Gasteiger partial charge on any atom is -0.481 e. The van der Waals surface area contributed by atoms with Gasteiger partial charge in [0.1, 0.15) is 0 Å². The second-order valence-corrected chi connectivity index (χ2v) is 7.06. The van der Waals surface area contributed by atoms with E-state index in [9.17, 15) is 4.79 Å². The molecule has 0 aliphatic carbocycles. The zero-order valence-electron chi connectivity index (χ0n) is 11.5. The van der Waals surface area contributed by atoms with Gasteiger partial charge in [-0.25, -0.2) is 0 Å². The molecule has 0 aromatic heterocycles. The predicted octanol–water partition coefficient (Wildman–Crippen LogP) is 4.57. The van der Waals surface area contributed by atoms with Crippen LogP contribution < -0.4 is 0 Å². The topological polar surface area (TPSA) is 37.3 Å². The molecule has 0 unspecified atom stereocenters. The van der Waals surface area contributed by atoms with Crippen molar-refractivity contribution in [1.82, 2.24) is 0 Å². The standard InChI is InChI=1S/C7H14O2.C6H15P/c1-2-3-4-5-6-7(8)9;1-4-7(5-2)6-3/h2-6H2,1H3,(H,8,9);4-6H2,1-3H3. The predicted molar refractivity (Wildman–Crippen MR) is 74.9 cm³/mol. The van der Waals surface area contributed by atoms with Gasteiger partial charge in [-0.3, -0.25) is 4.79 Å². The molecule has 0 aliphatic rings. The Kier molecular flexibility index (Phi) is 17.0. The first-order valence-electron chi connectivity index (χ1n) is 6.56. The monoisotopic (exact) mass is 248 g/mol. The SMILES string of the molecule is CCCCCCC(=O)O.CCP(CC)CC. The van der Waals surface area contributed by atoms with Gasteiger partial charge in [0, 0.05) is 6.42 Å². The Morgan fingerprint density at radius 3 is 1.69 bits per heavy atom. The first kappa shape index (κ1) is 18.3. The van der Waals surface area contributed by atoms with Crippen molar-refractivity contribution in [2.45, 2.75) is 59.8 Å². The third kappa shape index (κ3) is 16.3. The van der Waals surface area contributed by atoms with Crippen LogP contribution in [0, 0.1) is 0 Å². The minimum absolute atomic E-state index is 0.333. The fraction of sp³-hybridized carbons (Fsp3) is 0.923. The van der Waals surface area contributed by atoms with Gasteiger partial charge in [0.15, 0.2) is 0 Å². The lowest BCUT2D eigenvalue weighted by Crippen LogP contribution is -1.92. The number of hydrogen-bond donors (Lipinski definition) is 1. The van der Waals surface area contributed by atoms with E-state index in [0.29, 0.717) is 14.3 Å². The number of carbonyl (C=O) groups is 1. The highest BCUT2D eigenvalue weighted by atomic mass is 31.1. The van der Waals surface area contributed by atoms with Gasteiger partial charge in [0.05, 0.1) is 0 Å². The summed E-state index contributed by atoms with van der Waals surface area (Å²) in [4.78, 5) is 9.96. The van der Waals surface area contributed by atoms with Crippen LogP contribution in [0.15, 0.2) is 0 Å². The normalized spacial score (nSPS) is 9.81. The van der Waals surface area contributed by atoms with Crippen molar-refractivity contribution in [3.8, 4) is 0 Å². The van der Waals surface area contributed by atoms with Crippen LogP contribution in [0.1, 0.15) is 59.8 Å². The summed E-state index contributed by atoms with van der Waals surface area (Å²) in [6, 6.07) is 0. The third-order valence-electron chi connectivity index (χ3n) is 2.59. The molecule has 0 aromatic carbocycles. The first-order valence-corrected chi connectivity index (χ1v) is 8.46. The third-order valence-corrected chi connectivity index (χ3v) is 5.27. The molecule has 3 heteroatoms. The van der Waals surface area contributed by atoms with E-state index in [1.165, 1.54) is 24.9 Å². The highest BCUT2D eigenvalue weighted by Crippen LogP contribution is 2.32. The van der Waals surface area contributed by atoms with Gasteiger partial charge in [-0.05, 0) is 24.9 Å². The van der Waals surface area contributed by atoms with Gasteiger partial charge in [0.25, 0.3) is 0 Å². The van der Waals surface area contributed by atoms with Crippen molar-refractivity contribution < 1.29 is 9.90 Å². The molecule has 0 saturated carbocycles. The highest BCUT2D eigenvalue weighted by Gasteiger charge is 1.94. The van der Waals surface area contributed by atoms with Gasteiger partial charge < -0.3 is 5.11 Å². The molecule has 0 spiro atoms. The van der Waals surface area contributed by atoms with E-state index in [1.54, 1.807) is 0 Å². The zero-order chi connectivity index (χ0) is 12.8. The molecule has 0 aliphatic heterocycles. The first-order chi connectivity index (χ1) is 7.62. The van der Waals surface area contributed by atoms with Crippen molar-refractivity contribution in [3.05, 3.63) is 0 Å². The van der Waals surface area contributed by atoms with Crippen LogP contribution in [0.3, 0.4) is 0 Å². The van der Waals surface area contributed by atoms with Crippen LogP contribution in [0.5, 0.6) is 0 Å². The lowest BCUT2D eigenvalue weighted by molar-refractivity contribution is -0.137. The van der Waals surface area contributed by atoms with E-state index in [2.05, 4.69) is 27.7 Å². The summed E-state index contributed by atoms with van der Waals surface area (Å²) in [6.07, 6.45) is 8.81. The van der Waals surface area contributed by atoms with Crippen molar-refractivity contribution in [2.75, 3.05) is 18.5 Å². The molecule has 0 saturated heterocycles. The molecule has 98 valence electrons. The van der Waals surface area contributed by atoms with Crippen molar-refractivity contribution in [2.24, 2.45) is 0 Å². The van der Waals surface area contributed by atoms with Crippen LogP contribution in [0.25, 0.3) is 0 Å².